The Morgan fingerprint density at radius 3 is 2.69 bits per heavy atom. The Labute approximate surface area is 91.7 Å². The summed E-state index contributed by atoms with van der Waals surface area (Å²) in [5.41, 5.74) is 1.15. The van der Waals surface area contributed by atoms with Gasteiger partial charge >= 0.3 is 6.18 Å². The van der Waals surface area contributed by atoms with E-state index in [9.17, 15) is 13.2 Å². The standard InChI is InChI=1S/C11H11F3N2/c12-11(13,14)5-2-6-16-10-4-1-3-9(7-10)8-15/h1,3-4,7,16H,2,5-6H2. The third-order valence-electron chi connectivity index (χ3n) is 1.96. The number of nitriles is 1. The number of anilines is 1. The van der Waals surface area contributed by atoms with E-state index in [2.05, 4.69) is 5.32 Å². The molecule has 0 heterocycles. The van der Waals surface area contributed by atoms with Crippen LogP contribution < -0.4 is 5.32 Å². The predicted molar refractivity (Wildman–Crippen MR) is 54.9 cm³/mol. The number of nitrogens with zero attached hydrogens (tertiary/aromatic N) is 1. The molecular formula is C11H11F3N2. The van der Waals surface area contributed by atoms with Crippen molar-refractivity contribution in [2.45, 2.75) is 19.0 Å². The summed E-state index contributed by atoms with van der Waals surface area (Å²) >= 11 is 0. The fraction of sp³-hybridized carbons (Fsp3) is 0.364. The third-order valence-corrected chi connectivity index (χ3v) is 1.96. The lowest BCUT2D eigenvalue weighted by Crippen LogP contribution is -2.10. The fourth-order valence-corrected chi connectivity index (χ4v) is 1.22. The van der Waals surface area contributed by atoms with Gasteiger partial charge in [0.15, 0.2) is 0 Å². The summed E-state index contributed by atoms with van der Waals surface area (Å²) < 4.78 is 35.5. The van der Waals surface area contributed by atoms with E-state index in [1.165, 1.54) is 0 Å². The maximum Gasteiger partial charge on any atom is 0.389 e. The largest absolute Gasteiger partial charge is 0.389 e. The molecule has 0 fully saturated rings. The highest BCUT2D eigenvalue weighted by molar-refractivity contribution is 5.48. The molecule has 0 atom stereocenters. The van der Waals surface area contributed by atoms with Gasteiger partial charge in [-0.1, -0.05) is 6.07 Å². The SMILES string of the molecule is N#Cc1cccc(NCCCC(F)(F)F)c1. The van der Waals surface area contributed by atoms with E-state index >= 15 is 0 Å². The summed E-state index contributed by atoms with van der Waals surface area (Å²) in [5.74, 6) is 0. The molecular weight excluding hydrogens is 217 g/mol. The molecule has 0 unspecified atom stereocenters. The van der Waals surface area contributed by atoms with Crippen molar-refractivity contribution in [1.82, 2.24) is 0 Å². The van der Waals surface area contributed by atoms with Gasteiger partial charge in [0, 0.05) is 18.7 Å². The summed E-state index contributed by atoms with van der Waals surface area (Å²) in [4.78, 5) is 0. The fourth-order valence-electron chi connectivity index (χ4n) is 1.22. The predicted octanol–water partition coefficient (Wildman–Crippen LogP) is 3.31. The van der Waals surface area contributed by atoms with Gasteiger partial charge in [0.2, 0.25) is 0 Å². The zero-order valence-electron chi connectivity index (χ0n) is 8.51. The zero-order chi connectivity index (χ0) is 12.0. The van der Waals surface area contributed by atoms with Crippen LogP contribution in [0, 0.1) is 11.3 Å². The van der Waals surface area contributed by atoms with Gasteiger partial charge in [-0.2, -0.15) is 18.4 Å². The first-order chi connectivity index (χ1) is 7.51. The second-order valence-corrected chi connectivity index (χ2v) is 3.34. The summed E-state index contributed by atoms with van der Waals surface area (Å²) in [6.45, 7) is 0.244. The Kier molecular flexibility index (Phi) is 4.18. The minimum atomic E-state index is -4.10. The number of halogens is 3. The average Bonchev–Trinajstić information content (AvgIpc) is 2.23. The molecule has 86 valence electrons. The van der Waals surface area contributed by atoms with Crippen LogP contribution in [0.1, 0.15) is 18.4 Å². The quantitative estimate of drug-likeness (QED) is 0.802. The number of benzene rings is 1. The molecule has 1 aromatic carbocycles. The lowest BCUT2D eigenvalue weighted by atomic mass is 10.2. The molecule has 0 aliphatic rings. The van der Waals surface area contributed by atoms with Crippen molar-refractivity contribution in [1.29, 1.82) is 5.26 Å². The molecule has 0 aromatic heterocycles. The van der Waals surface area contributed by atoms with Gasteiger partial charge in [0.05, 0.1) is 11.6 Å². The Hall–Kier alpha value is -1.70. The number of alkyl halides is 3. The van der Waals surface area contributed by atoms with Gasteiger partial charge in [-0.15, -0.1) is 0 Å². The van der Waals surface area contributed by atoms with Crippen LogP contribution >= 0.6 is 0 Å². The summed E-state index contributed by atoms with van der Waals surface area (Å²) in [6.07, 6.45) is -4.87. The van der Waals surface area contributed by atoms with Crippen molar-refractivity contribution in [2.75, 3.05) is 11.9 Å². The van der Waals surface area contributed by atoms with E-state index in [0.717, 1.165) is 0 Å². The van der Waals surface area contributed by atoms with Crippen molar-refractivity contribution in [2.24, 2.45) is 0 Å². The molecule has 1 N–H and O–H groups in total. The maximum absolute atomic E-state index is 11.8. The van der Waals surface area contributed by atoms with Gasteiger partial charge in [-0.25, -0.2) is 0 Å². The number of hydrogen-bond donors (Lipinski definition) is 1. The lowest BCUT2D eigenvalue weighted by molar-refractivity contribution is -0.134. The smallest absolute Gasteiger partial charge is 0.385 e. The van der Waals surface area contributed by atoms with Gasteiger partial charge in [-0.3, -0.25) is 0 Å². The lowest BCUT2D eigenvalue weighted by Gasteiger charge is -2.08. The zero-order valence-corrected chi connectivity index (χ0v) is 8.51. The monoisotopic (exact) mass is 228 g/mol. The molecule has 1 rings (SSSR count). The normalized spacial score (nSPS) is 10.9. The molecule has 16 heavy (non-hydrogen) atoms. The van der Waals surface area contributed by atoms with Gasteiger partial charge in [0.25, 0.3) is 0 Å². The van der Waals surface area contributed by atoms with Crippen LogP contribution in [0.3, 0.4) is 0 Å². The van der Waals surface area contributed by atoms with Crippen molar-refractivity contribution < 1.29 is 13.2 Å². The maximum atomic E-state index is 11.8. The van der Waals surface area contributed by atoms with Crippen LogP contribution in [0.5, 0.6) is 0 Å². The van der Waals surface area contributed by atoms with Crippen molar-refractivity contribution in [3.63, 3.8) is 0 Å². The van der Waals surface area contributed by atoms with Crippen LogP contribution in [-0.4, -0.2) is 12.7 Å². The highest BCUT2D eigenvalue weighted by atomic mass is 19.4. The van der Waals surface area contributed by atoms with E-state index in [-0.39, 0.29) is 13.0 Å². The number of hydrogen-bond acceptors (Lipinski definition) is 2. The topological polar surface area (TPSA) is 35.8 Å². The number of rotatable bonds is 4. The molecule has 5 heteroatoms. The average molecular weight is 228 g/mol. The second kappa shape index (κ2) is 5.40. The third kappa shape index (κ3) is 4.69. The van der Waals surface area contributed by atoms with E-state index in [1.807, 2.05) is 6.07 Å². The number of nitrogens with one attached hydrogen (secondary N) is 1. The molecule has 0 spiro atoms. The Morgan fingerprint density at radius 2 is 2.06 bits per heavy atom. The van der Waals surface area contributed by atoms with Crippen LogP contribution in [0.2, 0.25) is 0 Å². The van der Waals surface area contributed by atoms with Crippen molar-refractivity contribution in [3.8, 4) is 6.07 Å². The minimum Gasteiger partial charge on any atom is -0.385 e. The second-order valence-electron chi connectivity index (χ2n) is 3.34. The summed E-state index contributed by atoms with van der Waals surface area (Å²) in [6, 6.07) is 8.61. The van der Waals surface area contributed by atoms with Crippen molar-refractivity contribution >= 4 is 5.69 Å². The van der Waals surface area contributed by atoms with Crippen LogP contribution in [0.15, 0.2) is 24.3 Å². The van der Waals surface area contributed by atoms with Crippen LogP contribution in [0.4, 0.5) is 18.9 Å². The van der Waals surface area contributed by atoms with E-state index < -0.39 is 12.6 Å². The van der Waals surface area contributed by atoms with Crippen molar-refractivity contribution in [3.05, 3.63) is 29.8 Å². The van der Waals surface area contributed by atoms with E-state index in [4.69, 9.17) is 5.26 Å². The first kappa shape index (κ1) is 12.4. The first-order valence-electron chi connectivity index (χ1n) is 4.82. The molecule has 0 radical (unpaired) electrons. The highest BCUT2D eigenvalue weighted by Gasteiger charge is 2.25. The molecule has 0 aliphatic carbocycles. The first-order valence-corrected chi connectivity index (χ1v) is 4.82. The molecule has 2 nitrogen and oxygen atoms in total. The highest BCUT2D eigenvalue weighted by Crippen LogP contribution is 2.21. The van der Waals surface area contributed by atoms with Crippen LogP contribution in [0.25, 0.3) is 0 Å². The summed E-state index contributed by atoms with van der Waals surface area (Å²) in [7, 11) is 0. The van der Waals surface area contributed by atoms with Crippen LogP contribution in [-0.2, 0) is 0 Å². The Morgan fingerprint density at radius 1 is 1.31 bits per heavy atom. The van der Waals surface area contributed by atoms with Gasteiger partial charge in [0.1, 0.15) is 0 Å². The minimum absolute atomic E-state index is 0.0281. The molecule has 0 bridgehead atoms. The van der Waals surface area contributed by atoms with E-state index in [0.29, 0.717) is 11.3 Å². The molecule has 0 amide bonds. The summed E-state index contributed by atoms with van der Waals surface area (Å²) in [5, 5.41) is 11.5. The molecule has 1 aromatic rings. The Balaban J connectivity index is 2.35. The van der Waals surface area contributed by atoms with Gasteiger partial charge in [-0.05, 0) is 24.6 Å². The molecule has 0 saturated carbocycles. The van der Waals surface area contributed by atoms with Gasteiger partial charge < -0.3 is 5.32 Å². The molecule has 0 aliphatic heterocycles. The van der Waals surface area contributed by atoms with E-state index in [1.54, 1.807) is 24.3 Å². The Bertz CT molecular complexity index is 380. The molecule has 0 saturated heterocycles.